The molecule has 0 atom stereocenters. The largest absolute Gasteiger partial charge is 0.384 e. The Hall–Kier alpha value is -0.990. The standard InChI is InChI=1S/C16H25N3/c17-15-14(11-5-1-2-6-11)18-16(12-7-3-4-8-12)19(15)13-9-10-13/h11-13H,1-10,17H2. The summed E-state index contributed by atoms with van der Waals surface area (Å²) in [6.45, 7) is 0. The maximum absolute atomic E-state index is 6.49. The van der Waals surface area contributed by atoms with Gasteiger partial charge in [0.15, 0.2) is 0 Å². The molecule has 0 radical (unpaired) electrons. The molecule has 0 spiro atoms. The number of imidazole rings is 1. The first-order chi connectivity index (χ1) is 9.34. The number of nitrogens with two attached hydrogens (primary N) is 1. The molecule has 0 amide bonds. The van der Waals surface area contributed by atoms with Crippen molar-refractivity contribution >= 4 is 5.82 Å². The molecule has 3 nitrogen and oxygen atoms in total. The third-order valence-corrected chi connectivity index (χ3v) is 5.38. The van der Waals surface area contributed by atoms with Crippen LogP contribution >= 0.6 is 0 Å². The monoisotopic (exact) mass is 259 g/mol. The molecule has 3 heteroatoms. The Kier molecular flexibility index (Phi) is 2.82. The molecule has 104 valence electrons. The van der Waals surface area contributed by atoms with E-state index < -0.39 is 0 Å². The van der Waals surface area contributed by atoms with Crippen molar-refractivity contribution in [1.82, 2.24) is 9.55 Å². The first-order valence-electron chi connectivity index (χ1n) is 8.22. The summed E-state index contributed by atoms with van der Waals surface area (Å²) in [5.74, 6) is 3.72. The van der Waals surface area contributed by atoms with Crippen molar-refractivity contribution in [2.24, 2.45) is 0 Å². The van der Waals surface area contributed by atoms with Crippen LogP contribution in [0.25, 0.3) is 0 Å². The van der Waals surface area contributed by atoms with Crippen molar-refractivity contribution in [3.63, 3.8) is 0 Å². The summed E-state index contributed by atoms with van der Waals surface area (Å²) in [6, 6.07) is 0.679. The van der Waals surface area contributed by atoms with E-state index in [4.69, 9.17) is 10.7 Å². The first kappa shape index (κ1) is 11.8. The van der Waals surface area contributed by atoms with Gasteiger partial charge in [-0.2, -0.15) is 0 Å². The molecular formula is C16H25N3. The van der Waals surface area contributed by atoms with E-state index in [2.05, 4.69) is 4.57 Å². The van der Waals surface area contributed by atoms with Gasteiger partial charge < -0.3 is 10.3 Å². The minimum Gasteiger partial charge on any atom is -0.384 e. The number of hydrogen-bond acceptors (Lipinski definition) is 2. The van der Waals surface area contributed by atoms with Gasteiger partial charge in [0.05, 0.1) is 5.69 Å². The van der Waals surface area contributed by atoms with Gasteiger partial charge in [-0.1, -0.05) is 25.7 Å². The molecule has 0 bridgehead atoms. The van der Waals surface area contributed by atoms with Crippen molar-refractivity contribution in [1.29, 1.82) is 0 Å². The molecule has 1 aromatic heterocycles. The summed E-state index contributed by atoms with van der Waals surface area (Å²) in [5.41, 5.74) is 7.75. The van der Waals surface area contributed by atoms with Gasteiger partial charge in [0.25, 0.3) is 0 Å². The Bertz CT molecular complexity index is 461. The summed E-state index contributed by atoms with van der Waals surface area (Å²) in [5, 5.41) is 0. The third-order valence-electron chi connectivity index (χ3n) is 5.38. The molecule has 4 rings (SSSR count). The van der Waals surface area contributed by atoms with Gasteiger partial charge in [0.1, 0.15) is 11.6 Å². The summed E-state index contributed by atoms with van der Waals surface area (Å²) >= 11 is 0. The lowest BCUT2D eigenvalue weighted by Crippen LogP contribution is -2.08. The molecule has 0 saturated heterocycles. The SMILES string of the molecule is Nc1c(C2CCCC2)nc(C2CCCC2)n1C1CC1. The van der Waals surface area contributed by atoms with E-state index in [1.54, 1.807) is 0 Å². The van der Waals surface area contributed by atoms with Gasteiger partial charge in [-0.05, 0) is 38.5 Å². The highest BCUT2D eigenvalue weighted by Gasteiger charge is 2.35. The minimum absolute atomic E-state index is 0.653. The predicted octanol–water partition coefficient (Wildman–Crippen LogP) is 4.12. The normalized spacial score (nSPS) is 25.5. The highest BCUT2D eigenvalue weighted by atomic mass is 15.2. The molecule has 2 N–H and O–H groups in total. The molecule has 1 aromatic rings. The fourth-order valence-electron chi connectivity index (χ4n) is 4.17. The molecular weight excluding hydrogens is 234 g/mol. The van der Waals surface area contributed by atoms with Crippen molar-refractivity contribution in [3.05, 3.63) is 11.5 Å². The quantitative estimate of drug-likeness (QED) is 0.887. The maximum atomic E-state index is 6.49. The van der Waals surface area contributed by atoms with E-state index in [0.29, 0.717) is 17.9 Å². The minimum atomic E-state index is 0.653. The second kappa shape index (κ2) is 4.53. The van der Waals surface area contributed by atoms with Crippen LogP contribution in [0.5, 0.6) is 0 Å². The van der Waals surface area contributed by atoms with Crippen molar-refractivity contribution < 1.29 is 0 Å². The van der Waals surface area contributed by atoms with Crippen LogP contribution in [0.4, 0.5) is 5.82 Å². The van der Waals surface area contributed by atoms with Crippen LogP contribution in [-0.2, 0) is 0 Å². The molecule has 0 aromatic carbocycles. The van der Waals surface area contributed by atoms with Crippen molar-refractivity contribution in [2.75, 3.05) is 5.73 Å². The first-order valence-corrected chi connectivity index (χ1v) is 8.22. The van der Waals surface area contributed by atoms with Gasteiger partial charge >= 0.3 is 0 Å². The second-order valence-corrected chi connectivity index (χ2v) is 6.80. The molecule has 3 aliphatic rings. The van der Waals surface area contributed by atoms with E-state index in [0.717, 1.165) is 5.82 Å². The van der Waals surface area contributed by atoms with Crippen molar-refractivity contribution in [3.8, 4) is 0 Å². The Labute approximate surface area is 115 Å². The van der Waals surface area contributed by atoms with Crippen LogP contribution in [-0.4, -0.2) is 9.55 Å². The smallest absolute Gasteiger partial charge is 0.127 e. The highest BCUT2D eigenvalue weighted by molar-refractivity contribution is 5.43. The maximum Gasteiger partial charge on any atom is 0.127 e. The van der Waals surface area contributed by atoms with E-state index in [1.165, 1.54) is 75.7 Å². The Balaban J connectivity index is 1.73. The average Bonchev–Trinajstić information content (AvgIpc) is 2.90. The molecule has 19 heavy (non-hydrogen) atoms. The molecule has 0 unspecified atom stereocenters. The van der Waals surface area contributed by atoms with Crippen LogP contribution in [0.1, 0.15) is 93.6 Å². The van der Waals surface area contributed by atoms with Gasteiger partial charge in [0.2, 0.25) is 0 Å². The number of rotatable bonds is 3. The molecule has 0 aliphatic heterocycles. The van der Waals surface area contributed by atoms with Crippen LogP contribution in [0.3, 0.4) is 0 Å². The van der Waals surface area contributed by atoms with Crippen LogP contribution in [0, 0.1) is 0 Å². The molecule has 3 aliphatic carbocycles. The Morgan fingerprint density at radius 1 is 0.842 bits per heavy atom. The van der Waals surface area contributed by atoms with Gasteiger partial charge in [0, 0.05) is 17.9 Å². The lowest BCUT2D eigenvalue weighted by atomic mass is 10.0. The highest BCUT2D eigenvalue weighted by Crippen LogP contribution is 2.46. The van der Waals surface area contributed by atoms with Gasteiger partial charge in [-0.15, -0.1) is 0 Å². The lowest BCUT2D eigenvalue weighted by molar-refractivity contribution is 0.595. The predicted molar refractivity (Wildman–Crippen MR) is 77.3 cm³/mol. The Morgan fingerprint density at radius 3 is 2.00 bits per heavy atom. The lowest BCUT2D eigenvalue weighted by Gasteiger charge is -2.13. The topological polar surface area (TPSA) is 43.8 Å². The average molecular weight is 259 g/mol. The van der Waals surface area contributed by atoms with Crippen LogP contribution in [0.2, 0.25) is 0 Å². The number of anilines is 1. The molecule has 3 saturated carbocycles. The zero-order valence-corrected chi connectivity index (χ0v) is 11.8. The Morgan fingerprint density at radius 2 is 1.42 bits per heavy atom. The van der Waals surface area contributed by atoms with Crippen LogP contribution in [0.15, 0.2) is 0 Å². The second-order valence-electron chi connectivity index (χ2n) is 6.80. The summed E-state index contributed by atoms with van der Waals surface area (Å²) < 4.78 is 2.43. The van der Waals surface area contributed by atoms with E-state index in [1.807, 2.05) is 0 Å². The summed E-state index contributed by atoms with van der Waals surface area (Å²) in [7, 11) is 0. The number of hydrogen-bond donors (Lipinski definition) is 1. The van der Waals surface area contributed by atoms with E-state index >= 15 is 0 Å². The van der Waals surface area contributed by atoms with E-state index in [9.17, 15) is 0 Å². The third kappa shape index (κ3) is 1.98. The van der Waals surface area contributed by atoms with Crippen molar-refractivity contribution in [2.45, 2.75) is 82.1 Å². The summed E-state index contributed by atoms with van der Waals surface area (Å²) in [4.78, 5) is 5.07. The zero-order valence-electron chi connectivity index (χ0n) is 11.8. The molecule has 1 heterocycles. The van der Waals surface area contributed by atoms with Crippen LogP contribution < -0.4 is 5.73 Å². The van der Waals surface area contributed by atoms with E-state index in [-0.39, 0.29) is 0 Å². The fraction of sp³-hybridized carbons (Fsp3) is 0.812. The fourth-order valence-corrected chi connectivity index (χ4v) is 4.17. The summed E-state index contributed by atoms with van der Waals surface area (Å²) in [6.07, 6.45) is 13.3. The number of aromatic nitrogens is 2. The number of nitrogen functional groups attached to an aromatic ring is 1. The number of nitrogens with zero attached hydrogens (tertiary/aromatic N) is 2. The van der Waals surface area contributed by atoms with Gasteiger partial charge in [-0.3, -0.25) is 0 Å². The zero-order chi connectivity index (χ0) is 12.8. The van der Waals surface area contributed by atoms with Gasteiger partial charge in [-0.25, -0.2) is 4.98 Å². The molecule has 3 fully saturated rings.